The lowest BCUT2D eigenvalue weighted by molar-refractivity contribution is -0.176. The summed E-state index contributed by atoms with van der Waals surface area (Å²) in [5, 5.41) is 1.21. The summed E-state index contributed by atoms with van der Waals surface area (Å²) >= 11 is 0. The van der Waals surface area contributed by atoms with Crippen LogP contribution in [0.15, 0.2) is 30.3 Å². The quantitative estimate of drug-likeness (QED) is 0.374. The largest absolute Gasteiger partial charge is 0.497 e. The molecule has 1 saturated heterocycles. The number of hydrogen-bond acceptors (Lipinski definition) is 10. The van der Waals surface area contributed by atoms with Gasteiger partial charge in [-0.25, -0.2) is 4.79 Å². The Balaban J connectivity index is 1.29. The molecule has 1 N–H and O–H groups in total. The number of carbonyl (C=O) groups is 2. The first-order valence-corrected chi connectivity index (χ1v) is 14.9. The molecule has 0 spiro atoms. The Bertz CT molecular complexity index is 1530. The van der Waals surface area contributed by atoms with E-state index in [1.54, 1.807) is 26.4 Å². The lowest BCUT2D eigenvalue weighted by atomic mass is 9.63. The number of methoxy groups -OCH3 is 6. The predicted molar refractivity (Wildman–Crippen MR) is 161 cm³/mol. The van der Waals surface area contributed by atoms with Gasteiger partial charge in [-0.15, -0.1) is 0 Å². The van der Waals surface area contributed by atoms with Crippen molar-refractivity contribution in [3.8, 4) is 23.0 Å². The Morgan fingerprint density at radius 1 is 0.909 bits per heavy atom. The number of aromatic nitrogens is 1. The van der Waals surface area contributed by atoms with Gasteiger partial charge >= 0.3 is 11.9 Å². The molecule has 1 saturated carbocycles. The van der Waals surface area contributed by atoms with Crippen molar-refractivity contribution in [2.75, 3.05) is 55.7 Å². The average Bonchev–Trinajstić information content (AvgIpc) is 3.43. The molecule has 44 heavy (non-hydrogen) atoms. The molecule has 3 heterocycles. The Morgan fingerprint density at radius 2 is 1.66 bits per heavy atom. The van der Waals surface area contributed by atoms with Crippen molar-refractivity contribution in [1.82, 2.24) is 9.88 Å². The molecule has 3 aliphatic rings. The van der Waals surface area contributed by atoms with Gasteiger partial charge in [-0.3, -0.25) is 9.69 Å². The molecule has 11 heteroatoms. The van der Waals surface area contributed by atoms with Crippen LogP contribution in [0.1, 0.15) is 40.5 Å². The van der Waals surface area contributed by atoms with Gasteiger partial charge in [-0.05, 0) is 60.9 Å². The fraction of sp³-hybridized carbons (Fsp3) is 0.515. The molecule has 0 radical (unpaired) electrons. The fourth-order valence-corrected chi connectivity index (χ4v) is 7.76. The van der Waals surface area contributed by atoms with E-state index in [1.165, 1.54) is 45.1 Å². The van der Waals surface area contributed by atoms with E-state index in [4.69, 9.17) is 33.2 Å². The molecule has 2 aromatic carbocycles. The second-order valence-corrected chi connectivity index (χ2v) is 11.7. The van der Waals surface area contributed by atoms with Gasteiger partial charge < -0.3 is 38.1 Å². The fourth-order valence-electron chi connectivity index (χ4n) is 7.76. The zero-order valence-electron chi connectivity index (χ0n) is 26.0. The van der Waals surface area contributed by atoms with Crippen LogP contribution in [0.2, 0.25) is 0 Å². The van der Waals surface area contributed by atoms with Gasteiger partial charge in [0.2, 0.25) is 5.75 Å². The van der Waals surface area contributed by atoms with E-state index >= 15 is 0 Å². The summed E-state index contributed by atoms with van der Waals surface area (Å²) in [6.07, 6.45) is 0.920. The minimum atomic E-state index is -0.670. The van der Waals surface area contributed by atoms with E-state index in [-0.39, 0.29) is 29.4 Å². The smallest absolute Gasteiger partial charge is 0.338 e. The number of piperidine rings is 1. The number of rotatable bonds is 8. The van der Waals surface area contributed by atoms with E-state index in [0.29, 0.717) is 23.7 Å². The number of hydrogen-bond donors (Lipinski definition) is 1. The standard InChI is InChI=1S/C33H40N2O9/c1-38-19-7-8-20-21-9-10-35-16-18-13-27(44-32(36)17-11-25(39-2)30(41-4)26(12-17)40-3)31(42-5)28(33(37)43-6)22(18)15-24(35)29(21)34-23(20)14-19/h7-8,11-12,14,18,22,24,27-28,31,34H,9-10,13,15-16H2,1-6H3/t18-,22-,24-,27-,28+,31+/m1/s1. The third kappa shape index (κ3) is 5.01. The molecule has 0 unspecified atom stereocenters. The van der Waals surface area contributed by atoms with Crippen LogP contribution in [0.4, 0.5) is 0 Å². The number of H-pyrrole nitrogens is 1. The number of benzene rings is 2. The van der Waals surface area contributed by atoms with Gasteiger partial charge in [0.25, 0.3) is 0 Å². The van der Waals surface area contributed by atoms with Crippen molar-refractivity contribution in [2.24, 2.45) is 17.8 Å². The Hall–Kier alpha value is -3.96. The highest BCUT2D eigenvalue weighted by Gasteiger charge is 2.54. The van der Waals surface area contributed by atoms with Gasteiger partial charge in [0.1, 0.15) is 18.0 Å². The maximum Gasteiger partial charge on any atom is 0.338 e. The molecule has 6 atom stereocenters. The predicted octanol–water partition coefficient (Wildman–Crippen LogP) is 4.17. The van der Waals surface area contributed by atoms with E-state index in [2.05, 4.69) is 16.0 Å². The number of fused-ring (bicyclic) bond motifs is 6. The lowest BCUT2D eigenvalue weighted by Crippen LogP contribution is -2.58. The monoisotopic (exact) mass is 608 g/mol. The van der Waals surface area contributed by atoms with Crippen LogP contribution in [0.5, 0.6) is 23.0 Å². The molecule has 1 aliphatic carbocycles. The van der Waals surface area contributed by atoms with E-state index in [0.717, 1.165) is 37.2 Å². The Labute approximate surface area is 256 Å². The average molecular weight is 609 g/mol. The van der Waals surface area contributed by atoms with Crippen molar-refractivity contribution in [1.29, 1.82) is 0 Å². The highest BCUT2D eigenvalue weighted by molar-refractivity contribution is 5.91. The second kappa shape index (κ2) is 12.2. The van der Waals surface area contributed by atoms with E-state index < -0.39 is 24.1 Å². The zero-order chi connectivity index (χ0) is 31.1. The van der Waals surface area contributed by atoms with Crippen LogP contribution in [0.3, 0.4) is 0 Å². The summed E-state index contributed by atoms with van der Waals surface area (Å²) in [4.78, 5) is 33.1. The Morgan fingerprint density at radius 3 is 2.30 bits per heavy atom. The maximum atomic E-state index is 13.5. The summed E-state index contributed by atoms with van der Waals surface area (Å²) in [5.74, 6) is 0.441. The van der Waals surface area contributed by atoms with Crippen molar-refractivity contribution in [3.63, 3.8) is 0 Å². The van der Waals surface area contributed by atoms with Gasteiger partial charge in [-0.1, -0.05) is 0 Å². The maximum absolute atomic E-state index is 13.5. The molecule has 2 fully saturated rings. The third-order valence-corrected chi connectivity index (χ3v) is 9.76. The van der Waals surface area contributed by atoms with Gasteiger partial charge in [0.15, 0.2) is 11.5 Å². The molecule has 0 bridgehead atoms. The molecule has 2 aliphatic heterocycles. The molecule has 3 aromatic rings. The van der Waals surface area contributed by atoms with Crippen LogP contribution >= 0.6 is 0 Å². The van der Waals surface area contributed by atoms with Crippen molar-refractivity contribution in [3.05, 3.63) is 47.2 Å². The first kappa shape index (κ1) is 30.1. The van der Waals surface area contributed by atoms with Gasteiger partial charge in [0.05, 0.1) is 53.1 Å². The van der Waals surface area contributed by atoms with Crippen LogP contribution in [0, 0.1) is 17.8 Å². The van der Waals surface area contributed by atoms with Crippen molar-refractivity contribution >= 4 is 22.8 Å². The number of nitrogens with one attached hydrogen (secondary N) is 1. The highest BCUT2D eigenvalue weighted by atomic mass is 16.6. The number of carbonyl (C=O) groups excluding carboxylic acids is 2. The molecule has 11 nitrogen and oxygen atoms in total. The summed E-state index contributed by atoms with van der Waals surface area (Å²) in [5.41, 5.74) is 3.83. The molecule has 6 rings (SSSR count). The number of nitrogens with zero attached hydrogens (tertiary/aromatic N) is 1. The third-order valence-electron chi connectivity index (χ3n) is 9.76. The van der Waals surface area contributed by atoms with Crippen LogP contribution in [-0.2, 0) is 25.4 Å². The summed E-state index contributed by atoms with van der Waals surface area (Å²) < 4.78 is 39.1. The lowest BCUT2D eigenvalue weighted by Gasteiger charge is -2.52. The zero-order valence-corrected chi connectivity index (χ0v) is 26.0. The minimum absolute atomic E-state index is 0.0170. The SMILES string of the molecule is COC(=O)[C@H]1[C@@H]2C[C@@H]3c4[nH]c5cc(OC)ccc5c4CCN3C[C@H]2C[C@@H](OC(=O)c2cc(OC)c(OC)c(OC)c2)[C@@H]1OC. The summed E-state index contributed by atoms with van der Waals surface area (Å²) in [6.45, 7) is 1.68. The number of ether oxygens (including phenoxy) is 7. The molecular formula is C33H40N2O9. The van der Waals surface area contributed by atoms with Crippen LogP contribution in [0.25, 0.3) is 10.9 Å². The molecule has 0 amide bonds. The van der Waals surface area contributed by atoms with Gasteiger partial charge in [-0.2, -0.15) is 0 Å². The van der Waals surface area contributed by atoms with Crippen LogP contribution < -0.4 is 18.9 Å². The number of esters is 2. The molecule has 236 valence electrons. The van der Waals surface area contributed by atoms with Crippen molar-refractivity contribution < 1.29 is 42.7 Å². The normalized spacial score (nSPS) is 26.1. The summed E-state index contributed by atoms with van der Waals surface area (Å²) in [7, 11) is 9.10. The first-order chi connectivity index (χ1) is 21.3. The van der Waals surface area contributed by atoms with E-state index in [1.807, 2.05) is 12.1 Å². The van der Waals surface area contributed by atoms with E-state index in [9.17, 15) is 9.59 Å². The topological polar surface area (TPSA) is 118 Å². The van der Waals surface area contributed by atoms with Crippen molar-refractivity contribution in [2.45, 2.75) is 37.5 Å². The minimum Gasteiger partial charge on any atom is -0.497 e. The van der Waals surface area contributed by atoms with Gasteiger partial charge in [0, 0.05) is 42.9 Å². The highest BCUT2D eigenvalue weighted by Crippen LogP contribution is 2.51. The van der Waals surface area contributed by atoms with Crippen LogP contribution in [-0.4, -0.2) is 89.8 Å². The number of aromatic amines is 1. The second-order valence-electron chi connectivity index (χ2n) is 11.7. The Kier molecular flexibility index (Phi) is 8.34. The molecule has 1 aromatic heterocycles. The first-order valence-electron chi connectivity index (χ1n) is 14.9. The molecular weight excluding hydrogens is 568 g/mol. The summed E-state index contributed by atoms with van der Waals surface area (Å²) in [6, 6.07) is 9.40.